The van der Waals surface area contributed by atoms with Crippen LogP contribution in [0.4, 0.5) is 5.69 Å². The predicted molar refractivity (Wildman–Crippen MR) is 69.6 cm³/mol. The van der Waals surface area contributed by atoms with Gasteiger partial charge in [0.2, 0.25) is 0 Å². The molecule has 1 aromatic rings. The Balaban J connectivity index is 2.07. The van der Waals surface area contributed by atoms with E-state index in [9.17, 15) is 0 Å². The fourth-order valence-electron chi connectivity index (χ4n) is 2.26. The van der Waals surface area contributed by atoms with E-state index in [1.54, 1.807) is 0 Å². The molecule has 2 rings (SSSR count). The zero-order chi connectivity index (χ0) is 11.4. The van der Waals surface area contributed by atoms with E-state index in [0.717, 1.165) is 22.8 Å². The molecule has 0 amide bonds. The van der Waals surface area contributed by atoms with Crippen LogP contribution in [0, 0.1) is 0 Å². The summed E-state index contributed by atoms with van der Waals surface area (Å²) in [7, 11) is 0. The van der Waals surface area contributed by atoms with Gasteiger partial charge in [0, 0.05) is 22.8 Å². The highest BCUT2D eigenvalue weighted by Gasteiger charge is 2.12. The van der Waals surface area contributed by atoms with Crippen molar-refractivity contribution in [2.24, 2.45) is 0 Å². The van der Waals surface area contributed by atoms with E-state index in [-0.39, 0.29) is 0 Å². The monoisotopic (exact) mass is 238 g/mol. The first-order valence-corrected chi connectivity index (χ1v) is 6.40. The van der Waals surface area contributed by atoms with Crippen LogP contribution in [0.25, 0.3) is 0 Å². The summed E-state index contributed by atoms with van der Waals surface area (Å²) in [5, 5.41) is 0.796. The molecule has 1 heterocycles. The zero-order valence-corrected chi connectivity index (χ0v) is 10.3. The molecule has 2 N–H and O–H groups in total. The topological polar surface area (TPSA) is 29.3 Å². The summed E-state index contributed by atoms with van der Waals surface area (Å²) in [6.07, 6.45) is 5.30. The number of nitrogen functional groups attached to an aromatic ring is 1. The molecule has 0 aliphatic carbocycles. The molecule has 0 radical (unpaired) electrons. The zero-order valence-electron chi connectivity index (χ0n) is 9.58. The van der Waals surface area contributed by atoms with Gasteiger partial charge in [-0.2, -0.15) is 0 Å². The van der Waals surface area contributed by atoms with Crippen LogP contribution in [0.1, 0.15) is 31.2 Å². The molecule has 1 saturated heterocycles. The Morgan fingerprint density at radius 1 is 1.12 bits per heavy atom. The van der Waals surface area contributed by atoms with Gasteiger partial charge in [0.1, 0.15) is 0 Å². The minimum atomic E-state index is 0.796. The van der Waals surface area contributed by atoms with Gasteiger partial charge in [0.25, 0.3) is 0 Å². The highest BCUT2D eigenvalue weighted by molar-refractivity contribution is 6.31. The van der Waals surface area contributed by atoms with Gasteiger partial charge in [-0.3, -0.25) is 4.90 Å². The third kappa shape index (κ3) is 2.89. The Bertz CT molecular complexity index is 324. The number of nitrogens with zero attached hydrogens (tertiary/aromatic N) is 1. The summed E-state index contributed by atoms with van der Waals surface area (Å²) in [4.78, 5) is 2.46. The molecular weight excluding hydrogens is 220 g/mol. The van der Waals surface area contributed by atoms with Crippen molar-refractivity contribution in [3.05, 3.63) is 28.8 Å². The van der Waals surface area contributed by atoms with Crippen molar-refractivity contribution < 1.29 is 0 Å². The predicted octanol–water partition coefficient (Wildman–Crippen LogP) is 3.30. The second kappa shape index (κ2) is 5.55. The summed E-state index contributed by atoms with van der Waals surface area (Å²) in [6, 6.07) is 5.76. The molecule has 1 aliphatic heterocycles. The maximum Gasteiger partial charge on any atom is 0.0471 e. The summed E-state index contributed by atoms with van der Waals surface area (Å²) in [5.41, 5.74) is 7.87. The SMILES string of the molecule is Nc1cccc(Cl)c1CN1CCCCCC1. The molecule has 0 bridgehead atoms. The lowest BCUT2D eigenvalue weighted by molar-refractivity contribution is 0.277. The second-order valence-corrected chi connectivity index (χ2v) is 4.91. The highest BCUT2D eigenvalue weighted by atomic mass is 35.5. The first-order chi connectivity index (χ1) is 7.77. The van der Waals surface area contributed by atoms with Crippen molar-refractivity contribution in [2.75, 3.05) is 18.8 Å². The lowest BCUT2D eigenvalue weighted by atomic mass is 10.1. The van der Waals surface area contributed by atoms with Gasteiger partial charge >= 0.3 is 0 Å². The quantitative estimate of drug-likeness (QED) is 0.802. The Morgan fingerprint density at radius 3 is 2.44 bits per heavy atom. The van der Waals surface area contributed by atoms with Crippen molar-refractivity contribution >= 4 is 17.3 Å². The summed E-state index contributed by atoms with van der Waals surface area (Å²) < 4.78 is 0. The van der Waals surface area contributed by atoms with Crippen LogP contribution in [0.5, 0.6) is 0 Å². The lowest BCUT2D eigenvalue weighted by Gasteiger charge is -2.21. The Morgan fingerprint density at radius 2 is 1.81 bits per heavy atom. The molecule has 0 atom stereocenters. The number of hydrogen-bond acceptors (Lipinski definition) is 2. The first-order valence-electron chi connectivity index (χ1n) is 6.02. The summed E-state index contributed by atoms with van der Waals surface area (Å²) in [6.45, 7) is 3.24. The summed E-state index contributed by atoms with van der Waals surface area (Å²) in [5.74, 6) is 0. The molecule has 1 fully saturated rings. The van der Waals surface area contributed by atoms with E-state index in [4.69, 9.17) is 17.3 Å². The van der Waals surface area contributed by atoms with E-state index in [1.165, 1.54) is 38.8 Å². The number of benzene rings is 1. The van der Waals surface area contributed by atoms with Crippen LogP contribution in [0.15, 0.2) is 18.2 Å². The normalized spacial score (nSPS) is 18.3. The minimum Gasteiger partial charge on any atom is -0.398 e. The largest absolute Gasteiger partial charge is 0.398 e. The molecule has 1 aliphatic rings. The van der Waals surface area contributed by atoms with Crippen molar-refractivity contribution in [3.8, 4) is 0 Å². The lowest BCUT2D eigenvalue weighted by Crippen LogP contribution is -2.24. The number of nitrogens with two attached hydrogens (primary N) is 1. The molecule has 88 valence electrons. The third-order valence-corrected chi connectivity index (χ3v) is 3.59. The highest BCUT2D eigenvalue weighted by Crippen LogP contribution is 2.24. The Hall–Kier alpha value is -0.730. The molecule has 0 unspecified atom stereocenters. The van der Waals surface area contributed by atoms with Crippen LogP contribution >= 0.6 is 11.6 Å². The Kier molecular flexibility index (Phi) is 4.08. The summed E-state index contributed by atoms with van der Waals surface area (Å²) >= 11 is 6.18. The maximum atomic E-state index is 6.18. The van der Waals surface area contributed by atoms with Crippen molar-refractivity contribution in [3.63, 3.8) is 0 Å². The molecule has 0 aromatic heterocycles. The second-order valence-electron chi connectivity index (χ2n) is 4.50. The van der Waals surface area contributed by atoms with Gasteiger partial charge in [-0.15, -0.1) is 0 Å². The van der Waals surface area contributed by atoms with E-state index < -0.39 is 0 Å². The smallest absolute Gasteiger partial charge is 0.0471 e. The van der Waals surface area contributed by atoms with E-state index >= 15 is 0 Å². The molecular formula is C13H19ClN2. The number of rotatable bonds is 2. The third-order valence-electron chi connectivity index (χ3n) is 3.24. The standard InChI is InChI=1S/C13H19ClN2/c14-12-6-5-7-13(15)11(12)10-16-8-3-1-2-4-9-16/h5-7H,1-4,8-10,15H2. The van der Waals surface area contributed by atoms with Gasteiger partial charge in [-0.05, 0) is 38.1 Å². The molecule has 3 heteroatoms. The van der Waals surface area contributed by atoms with Gasteiger partial charge in [-0.25, -0.2) is 0 Å². The van der Waals surface area contributed by atoms with Crippen molar-refractivity contribution in [2.45, 2.75) is 32.2 Å². The molecule has 1 aromatic carbocycles. The van der Waals surface area contributed by atoms with Gasteiger partial charge < -0.3 is 5.73 Å². The fourth-order valence-corrected chi connectivity index (χ4v) is 2.50. The van der Waals surface area contributed by atoms with Crippen LogP contribution < -0.4 is 5.73 Å². The van der Waals surface area contributed by atoms with Gasteiger partial charge in [0.15, 0.2) is 0 Å². The fraction of sp³-hybridized carbons (Fsp3) is 0.538. The average Bonchev–Trinajstić information content (AvgIpc) is 2.52. The van der Waals surface area contributed by atoms with Gasteiger partial charge in [-0.1, -0.05) is 30.5 Å². The number of hydrogen-bond donors (Lipinski definition) is 1. The van der Waals surface area contributed by atoms with E-state index in [1.807, 2.05) is 18.2 Å². The van der Waals surface area contributed by atoms with Crippen molar-refractivity contribution in [1.29, 1.82) is 0 Å². The van der Waals surface area contributed by atoms with Crippen LogP contribution in [0.2, 0.25) is 5.02 Å². The van der Waals surface area contributed by atoms with Crippen LogP contribution in [-0.4, -0.2) is 18.0 Å². The van der Waals surface area contributed by atoms with Crippen LogP contribution in [-0.2, 0) is 6.54 Å². The number of likely N-dealkylation sites (tertiary alicyclic amines) is 1. The van der Waals surface area contributed by atoms with Gasteiger partial charge in [0.05, 0.1) is 0 Å². The molecule has 0 spiro atoms. The van der Waals surface area contributed by atoms with E-state index in [2.05, 4.69) is 4.90 Å². The van der Waals surface area contributed by atoms with Crippen LogP contribution in [0.3, 0.4) is 0 Å². The average molecular weight is 239 g/mol. The van der Waals surface area contributed by atoms with E-state index in [0.29, 0.717) is 0 Å². The molecule has 0 saturated carbocycles. The molecule has 2 nitrogen and oxygen atoms in total. The minimum absolute atomic E-state index is 0.796. The first kappa shape index (κ1) is 11.7. The number of anilines is 1. The van der Waals surface area contributed by atoms with Crippen molar-refractivity contribution in [1.82, 2.24) is 4.90 Å². The molecule has 16 heavy (non-hydrogen) atoms. The Labute approximate surface area is 102 Å². The number of halogens is 1. The maximum absolute atomic E-state index is 6.18.